The van der Waals surface area contributed by atoms with Gasteiger partial charge in [0.1, 0.15) is 5.82 Å². The summed E-state index contributed by atoms with van der Waals surface area (Å²) >= 11 is 0. The number of rotatable bonds is 9. The molecule has 2 N–H and O–H groups in total. The highest BCUT2D eigenvalue weighted by Crippen LogP contribution is 2.22. The van der Waals surface area contributed by atoms with Gasteiger partial charge in [-0.2, -0.15) is 5.10 Å². The molecule has 0 aliphatic heterocycles. The van der Waals surface area contributed by atoms with Crippen LogP contribution >= 0.6 is 24.0 Å². The summed E-state index contributed by atoms with van der Waals surface area (Å²) in [6.07, 6.45) is 4.71. The Bertz CT molecular complexity index is 949. The van der Waals surface area contributed by atoms with Crippen molar-refractivity contribution >= 4 is 29.9 Å². The van der Waals surface area contributed by atoms with Crippen LogP contribution in [0.15, 0.2) is 52.1 Å². The zero-order chi connectivity index (χ0) is 21.3. The third kappa shape index (κ3) is 7.05. The van der Waals surface area contributed by atoms with Gasteiger partial charge in [0.2, 0.25) is 0 Å². The smallest absolute Gasteiger partial charge is 0.191 e. The SMILES string of the molecule is CCC(CC)c1cc(CNC(=NC)NCCc2ccn(-c3ccc(F)cc3)n2)on1.I. The summed E-state index contributed by atoms with van der Waals surface area (Å²) in [5.74, 6) is 1.66. The molecule has 0 aliphatic rings. The lowest BCUT2D eigenvalue weighted by molar-refractivity contribution is 0.368. The van der Waals surface area contributed by atoms with Crippen LogP contribution in [0.5, 0.6) is 0 Å². The molecular weight excluding hydrogens is 510 g/mol. The topological polar surface area (TPSA) is 80.3 Å². The van der Waals surface area contributed by atoms with Gasteiger partial charge in [-0.05, 0) is 43.2 Å². The molecule has 3 rings (SSSR count). The van der Waals surface area contributed by atoms with Crippen molar-refractivity contribution in [2.75, 3.05) is 13.6 Å². The van der Waals surface area contributed by atoms with E-state index in [0.717, 1.165) is 42.1 Å². The molecular formula is C22H30FIN6O. The highest BCUT2D eigenvalue weighted by atomic mass is 127. The van der Waals surface area contributed by atoms with Gasteiger partial charge in [-0.3, -0.25) is 4.99 Å². The standard InChI is InChI=1S/C22H29FN6O.HI/c1-4-16(5-2)21-14-20(30-28-21)15-26-22(24-3)25-12-10-18-11-13-29(27-18)19-8-6-17(23)7-9-19;/h6-9,11,13-14,16H,4-5,10,12,15H2,1-3H3,(H2,24,25,26);1H. The van der Waals surface area contributed by atoms with E-state index in [0.29, 0.717) is 25.0 Å². The maximum Gasteiger partial charge on any atom is 0.191 e. The number of benzene rings is 1. The summed E-state index contributed by atoms with van der Waals surface area (Å²) < 4.78 is 20.2. The van der Waals surface area contributed by atoms with Crippen molar-refractivity contribution < 1.29 is 8.91 Å². The van der Waals surface area contributed by atoms with E-state index in [1.165, 1.54) is 12.1 Å². The van der Waals surface area contributed by atoms with E-state index in [1.54, 1.807) is 23.9 Å². The number of aliphatic imine (C=N–C) groups is 1. The minimum atomic E-state index is -0.258. The Morgan fingerprint density at radius 2 is 1.90 bits per heavy atom. The third-order valence-electron chi connectivity index (χ3n) is 5.04. The predicted molar refractivity (Wildman–Crippen MR) is 131 cm³/mol. The van der Waals surface area contributed by atoms with E-state index in [-0.39, 0.29) is 29.8 Å². The lowest BCUT2D eigenvalue weighted by Crippen LogP contribution is -2.37. The van der Waals surface area contributed by atoms with Gasteiger partial charge in [0.25, 0.3) is 0 Å². The van der Waals surface area contributed by atoms with Crippen molar-refractivity contribution in [2.24, 2.45) is 4.99 Å². The van der Waals surface area contributed by atoms with Gasteiger partial charge >= 0.3 is 0 Å². The largest absolute Gasteiger partial charge is 0.359 e. The van der Waals surface area contributed by atoms with Crippen molar-refractivity contribution in [3.8, 4) is 5.69 Å². The first-order valence-corrected chi connectivity index (χ1v) is 10.3. The van der Waals surface area contributed by atoms with Gasteiger partial charge in [-0.15, -0.1) is 24.0 Å². The number of nitrogens with zero attached hydrogens (tertiary/aromatic N) is 4. The van der Waals surface area contributed by atoms with Crippen LogP contribution in [0.25, 0.3) is 5.69 Å². The first kappa shape index (κ1) is 24.8. The second-order valence-electron chi connectivity index (χ2n) is 7.06. The molecule has 0 saturated heterocycles. The summed E-state index contributed by atoms with van der Waals surface area (Å²) in [6, 6.07) is 10.2. The number of hydrogen-bond acceptors (Lipinski definition) is 4. The molecule has 0 saturated carbocycles. The zero-order valence-electron chi connectivity index (χ0n) is 18.1. The Kier molecular flexibility index (Phi) is 9.96. The first-order chi connectivity index (χ1) is 14.6. The molecule has 0 radical (unpaired) electrons. The van der Waals surface area contributed by atoms with Crippen LogP contribution in [0, 0.1) is 5.82 Å². The van der Waals surface area contributed by atoms with E-state index in [9.17, 15) is 4.39 Å². The molecule has 3 aromatic rings. The van der Waals surface area contributed by atoms with Crippen LogP contribution in [-0.2, 0) is 13.0 Å². The van der Waals surface area contributed by atoms with Crippen LogP contribution < -0.4 is 10.6 Å². The Morgan fingerprint density at radius 3 is 2.58 bits per heavy atom. The Labute approximate surface area is 199 Å². The van der Waals surface area contributed by atoms with Crippen LogP contribution in [0.2, 0.25) is 0 Å². The minimum Gasteiger partial charge on any atom is -0.359 e. The molecule has 0 fully saturated rings. The normalized spacial score (nSPS) is 11.5. The fourth-order valence-corrected chi connectivity index (χ4v) is 3.24. The fourth-order valence-electron chi connectivity index (χ4n) is 3.24. The van der Waals surface area contributed by atoms with Gasteiger partial charge < -0.3 is 15.2 Å². The number of nitrogens with one attached hydrogen (secondary N) is 2. The van der Waals surface area contributed by atoms with E-state index < -0.39 is 0 Å². The average molecular weight is 540 g/mol. The molecule has 2 aromatic heterocycles. The van der Waals surface area contributed by atoms with Crippen molar-refractivity contribution in [3.05, 3.63) is 65.6 Å². The molecule has 168 valence electrons. The zero-order valence-corrected chi connectivity index (χ0v) is 20.5. The molecule has 0 unspecified atom stereocenters. The lowest BCUT2D eigenvalue weighted by atomic mass is 9.99. The molecule has 31 heavy (non-hydrogen) atoms. The van der Waals surface area contributed by atoms with Crippen molar-refractivity contribution in [3.63, 3.8) is 0 Å². The number of halogens is 2. The van der Waals surface area contributed by atoms with Gasteiger partial charge in [-0.25, -0.2) is 9.07 Å². The summed E-state index contributed by atoms with van der Waals surface area (Å²) in [5.41, 5.74) is 2.77. The van der Waals surface area contributed by atoms with Gasteiger partial charge in [0, 0.05) is 38.2 Å². The summed E-state index contributed by atoms with van der Waals surface area (Å²) in [5, 5.41) is 15.2. The summed E-state index contributed by atoms with van der Waals surface area (Å²) in [6.45, 7) is 5.52. The molecule has 0 atom stereocenters. The van der Waals surface area contributed by atoms with E-state index in [1.807, 2.05) is 18.3 Å². The maximum absolute atomic E-state index is 13.1. The van der Waals surface area contributed by atoms with Crippen LogP contribution in [0.4, 0.5) is 4.39 Å². The lowest BCUT2D eigenvalue weighted by Gasteiger charge is -2.10. The van der Waals surface area contributed by atoms with Crippen molar-refractivity contribution in [1.29, 1.82) is 0 Å². The number of hydrogen-bond donors (Lipinski definition) is 2. The molecule has 0 spiro atoms. The highest BCUT2D eigenvalue weighted by Gasteiger charge is 2.13. The van der Waals surface area contributed by atoms with E-state index >= 15 is 0 Å². The summed E-state index contributed by atoms with van der Waals surface area (Å²) in [7, 11) is 1.73. The fraction of sp³-hybridized carbons (Fsp3) is 0.409. The number of guanidine groups is 1. The molecule has 7 nitrogen and oxygen atoms in total. The monoisotopic (exact) mass is 540 g/mol. The van der Waals surface area contributed by atoms with Crippen LogP contribution in [0.3, 0.4) is 0 Å². The maximum atomic E-state index is 13.1. The van der Waals surface area contributed by atoms with Crippen molar-refractivity contribution in [1.82, 2.24) is 25.6 Å². The Morgan fingerprint density at radius 1 is 1.16 bits per heavy atom. The third-order valence-corrected chi connectivity index (χ3v) is 5.04. The van der Waals surface area contributed by atoms with Crippen LogP contribution in [-0.4, -0.2) is 34.5 Å². The highest BCUT2D eigenvalue weighted by molar-refractivity contribution is 14.0. The van der Waals surface area contributed by atoms with E-state index in [4.69, 9.17) is 4.52 Å². The predicted octanol–water partition coefficient (Wildman–Crippen LogP) is 4.43. The minimum absolute atomic E-state index is 0. The average Bonchev–Trinajstić information content (AvgIpc) is 3.42. The second-order valence-corrected chi connectivity index (χ2v) is 7.06. The molecule has 0 bridgehead atoms. The van der Waals surface area contributed by atoms with Gasteiger partial charge in [0.05, 0.1) is 23.6 Å². The molecule has 0 amide bonds. The Hall–Kier alpha value is -2.43. The van der Waals surface area contributed by atoms with E-state index in [2.05, 4.69) is 39.7 Å². The first-order valence-electron chi connectivity index (χ1n) is 10.3. The van der Waals surface area contributed by atoms with Crippen LogP contribution in [0.1, 0.15) is 49.8 Å². The quantitative estimate of drug-likeness (QED) is 0.239. The molecule has 9 heteroatoms. The summed E-state index contributed by atoms with van der Waals surface area (Å²) in [4.78, 5) is 4.24. The molecule has 0 aliphatic carbocycles. The second kappa shape index (κ2) is 12.4. The molecule has 1 aromatic carbocycles. The molecule has 2 heterocycles. The van der Waals surface area contributed by atoms with Gasteiger partial charge in [0.15, 0.2) is 11.7 Å². The number of aromatic nitrogens is 3. The van der Waals surface area contributed by atoms with Gasteiger partial charge in [-0.1, -0.05) is 19.0 Å². The Balaban J connectivity index is 0.00000341. The van der Waals surface area contributed by atoms with Crippen molar-refractivity contribution in [2.45, 2.75) is 45.6 Å².